The van der Waals surface area contributed by atoms with E-state index in [4.69, 9.17) is 11.6 Å². The summed E-state index contributed by atoms with van der Waals surface area (Å²) in [4.78, 5) is 26.4. The molecule has 1 aromatic carbocycles. The number of amides is 2. The molecule has 1 aromatic rings. The Kier molecular flexibility index (Phi) is 6.14. The molecule has 1 fully saturated rings. The predicted octanol–water partition coefficient (Wildman–Crippen LogP) is 3.70. The summed E-state index contributed by atoms with van der Waals surface area (Å²) in [5.74, 6) is -0.225. The molecule has 0 spiro atoms. The zero-order chi connectivity index (χ0) is 17.6. The summed E-state index contributed by atoms with van der Waals surface area (Å²) in [6, 6.07) is 7.47. The lowest BCUT2D eigenvalue weighted by Crippen LogP contribution is -2.33. The summed E-state index contributed by atoms with van der Waals surface area (Å²) in [7, 11) is 0. The first-order chi connectivity index (χ1) is 12.1. The van der Waals surface area contributed by atoms with E-state index in [9.17, 15) is 9.59 Å². The van der Waals surface area contributed by atoms with Crippen LogP contribution in [0.25, 0.3) is 0 Å². The van der Waals surface area contributed by atoms with Gasteiger partial charge in [-0.05, 0) is 43.7 Å². The molecule has 0 aromatic heterocycles. The van der Waals surface area contributed by atoms with Crippen molar-refractivity contribution in [3.05, 3.63) is 46.5 Å². The lowest BCUT2D eigenvalue weighted by molar-refractivity contribution is -0.129. The molecule has 0 saturated carbocycles. The molecule has 4 nitrogen and oxygen atoms in total. The molecule has 2 aliphatic rings. The van der Waals surface area contributed by atoms with Crippen LogP contribution < -0.4 is 5.32 Å². The molecule has 0 bridgehead atoms. The number of halogens is 1. The van der Waals surface area contributed by atoms with Gasteiger partial charge in [-0.2, -0.15) is 0 Å². The van der Waals surface area contributed by atoms with Crippen molar-refractivity contribution in [2.45, 2.75) is 45.1 Å². The number of nitrogens with zero attached hydrogens (tertiary/aromatic N) is 1. The molecular weight excluding hydrogens is 336 g/mol. The second kappa shape index (κ2) is 8.52. The molecule has 134 valence electrons. The van der Waals surface area contributed by atoms with Gasteiger partial charge < -0.3 is 10.2 Å². The Morgan fingerprint density at radius 3 is 2.88 bits per heavy atom. The standard InChI is InChI=1S/C20H25ClN2O2/c21-18-9-5-4-8-16(18)13-22-20(25)17-12-19(24)23(14-17)11-10-15-6-2-1-3-7-15/h4-6,8-9,17H,1-3,7,10-14H2,(H,22,25). The van der Waals surface area contributed by atoms with Gasteiger partial charge in [-0.3, -0.25) is 9.59 Å². The molecule has 1 atom stereocenters. The van der Waals surface area contributed by atoms with Crippen molar-refractivity contribution in [1.82, 2.24) is 10.2 Å². The topological polar surface area (TPSA) is 49.4 Å². The van der Waals surface area contributed by atoms with E-state index < -0.39 is 0 Å². The minimum atomic E-state index is -0.254. The zero-order valence-electron chi connectivity index (χ0n) is 14.5. The predicted molar refractivity (Wildman–Crippen MR) is 99.2 cm³/mol. The number of rotatable bonds is 6. The maximum atomic E-state index is 12.4. The fourth-order valence-electron chi connectivity index (χ4n) is 3.54. The molecule has 1 aliphatic heterocycles. The van der Waals surface area contributed by atoms with Crippen molar-refractivity contribution in [2.75, 3.05) is 13.1 Å². The SMILES string of the molecule is O=C(NCc1ccccc1Cl)C1CC(=O)N(CCC2=CCCCC2)C1. The van der Waals surface area contributed by atoms with E-state index in [0.29, 0.717) is 24.5 Å². The van der Waals surface area contributed by atoms with Gasteiger partial charge in [0, 0.05) is 31.1 Å². The Labute approximate surface area is 154 Å². The van der Waals surface area contributed by atoms with Crippen LogP contribution in [0, 0.1) is 5.92 Å². The molecule has 1 unspecified atom stereocenters. The van der Waals surface area contributed by atoms with Crippen molar-refractivity contribution in [3.8, 4) is 0 Å². The summed E-state index contributed by atoms with van der Waals surface area (Å²) < 4.78 is 0. The third-order valence-electron chi connectivity index (χ3n) is 5.08. The largest absolute Gasteiger partial charge is 0.352 e. The van der Waals surface area contributed by atoms with Crippen LogP contribution in [0.5, 0.6) is 0 Å². The van der Waals surface area contributed by atoms with Gasteiger partial charge >= 0.3 is 0 Å². The Morgan fingerprint density at radius 1 is 1.28 bits per heavy atom. The van der Waals surface area contributed by atoms with E-state index in [1.165, 1.54) is 18.4 Å². The molecule has 25 heavy (non-hydrogen) atoms. The highest BCUT2D eigenvalue weighted by Crippen LogP contribution is 2.23. The van der Waals surface area contributed by atoms with Crippen LogP contribution in [0.4, 0.5) is 0 Å². The fourth-order valence-corrected chi connectivity index (χ4v) is 3.75. The third-order valence-corrected chi connectivity index (χ3v) is 5.45. The van der Waals surface area contributed by atoms with Crippen LogP contribution in [-0.4, -0.2) is 29.8 Å². The van der Waals surface area contributed by atoms with Crippen molar-refractivity contribution < 1.29 is 9.59 Å². The average molecular weight is 361 g/mol. The van der Waals surface area contributed by atoms with Crippen molar-refractivity contribution in [1.29, 1.82) is 0 Å². The van der Waals surface area contributed by atoms with E-state index in [1.54, 1.807) is 0 Å². The minimum Gasteiger partial charge on any atom is -0.352 e. The second-order valence-corrected chi connectivity index (χ2v) is 7.32. The van der Waals surface area contributed by atoms with E-state index >= 15 is 0 Å². The molecular formula is C20H25ClN2O2. The number of allylic oxidation sites excluding steroid dienone is 1. The van der Waals surface area contributed by atoms with E-state index in [2.05, 4.69) is 11.4 Å². The van der Waals surface area contributed by atoms with Crippen molar-refractivity contribution in [2.24, 2.45) is 5.92 Å². The Hall–Kier alpha value is -1.81. The Bertz CT molecular complexity index is 671. The van der Waals surface area contributed by atoms with Gasteiger partial charge in [0.25, 0.3) is 0 Å². The molecule has 3 rings (SSSR count). The van der Waals surface area contributed by atoms with Gasteiger partial charge in [-0.1, -0.05) is 41.4 Å². The first-order valence-corrected chi connectivity index (χ1v) is 9.48. The molecule has 1 heterocycles. The van der Waals surface area contributed by atoms with Crippen LogP contribution in [0.15, 0.2) is 35.9 Å². The van der Waals surface area contributed by atoms with E-state index in [-0.39, 0.29) is 17.7 Å². The first kappa shape index (κ1) is 18.0. The maximum Gasteiger partial charge on any atom is 0.225 e. The number of hydrogen-bond acceptors (Lipinski definition) is 2. The fraction of sp³-hybridized carbons (Fsp3) is 0.500. The first-order valence-electron chi connectivity index (χ1n) is 9.10. The third kappa shape index (κ3) is 4.85. The Morgan fingerprint density at radius 2 is 2.12 bits per heavy atom. The summed E-state index contributed by atoms with van der Waals surface area (Å²) in [5.41, 5.74) is 2.36. The van der Waals surface area contributed by atoms with Gasteiger partial charge in [0.15, 0.2) is 0 Å². The number of likely N-dealkylation sites (tertiary alicyclic amines) is 1. The maximum absolute atomic E-state index is 12.4. The highest BCUT2D eigenvalue weighted by molar-refractivity contribution is 6.31. The number of hydrogen-bond donors (Lipinski definition) is 1. The van der Waals surface area contributed by atoms with Crippen LogP contribution >= 0.6 is 11.6 Å². The molecule has 5 heteroatoms. The highest BCUT2D eigenvalue weighted by Gasteiger charge is 2.33. The van der Waals surface area contributed by atoms with Gasteiger partial charge in [-0.25, -0.2) is 0 Å². The molecule has 2 amide bonds. The van der Waals surface area contributed by atoms with E-state index in [0.717, 1.165) is 31.4 Å². The normalized spacial score (nSPS) is 20.5. The molecule has 1 N–H and O–H groups in total. The van der Waals surface area contributed by atoms with Gasteiger partial charge in [0.1, 0.15) is 0 Å². The number of benzene rings is 1. The molecule has 0 radical (unpaired) electrons. The number of nitrogens with one attached hydrogen (secondary N) is 1. The molecule has 1 saturated heterocycles. The van der Waals surface area contributed by atoms with Gasteiger partial charge in [0.2, 0.25) is 11.8 Å². The van der Waals surface area contributed by atoms with Crippen LogP contribution in [0.1, 0.15) is 44.1 Å². The van der Waals surface area contributed by atoms with Crippen LogP contribution in [-0.2, 0) is 16.1 Å². The summed E-state index contributed by atoms with van der Waals surface area (Å²) in [6.45, 7) is 1.66. The van der Waals surface area contributed by atoms with Gasteiger partial charge in [-0.15, -0.1) is 0 Å². The van der Waals surface area contributed by atoms with Crippen molar-refractivity contribution >= 4 is 23.4 Å². The second-order valence-electron chi connectivity index (χ2n) is 6.91. The monoisotopic (exact) mass is 360 g/mol. The van der Waals surface area contributed by atoms with Crippen LogP contribution in [0.2, 0.25) is 5.02 Å². The highest BCUT2D eigenvalue weighted by atomic mass is 35.5. The van der Waals surface area contributed by atoms with Crippen LogP contribution in [0.3, 0.4) is 0 Å². The minimum absolute atomic E-state index is 0.0624. The van der Waals surface area contributed by atoms with E-state index in [1.807, 2.05) is 29.2 Å². The lowest BCUT2D eigenvalue weighted by atomic mass is 9.97. The Balaban J connectivity index is 1.47. The van der Waals surface area contributed by atoms with Crippen molar-refractivity contribution in [3.63, 3.8) is 0 Å². The zero-order valence-corrected chi connectivity index (χ0v) is 15.2. The number of carbonyl (C=O) groups is 2. The summed E-state index contributed by atoms with van der Waals surface area (Å²) >= 11 is 6.11. The summed E-state index contributed by atoms with van der Waals surface area (Å²) in [5, 5.41) is 3.56. The van der Waals surface area contributed by atoms with Gasteiger partial charge in [0.05, 0.1) is 5.92 Å². The number of carbonyl (C=O) groups excluding carboxylic acids is 2. The molecule has 1 aliphatic carbocycles. The average Bonchev–Trinajstić information content (AvgIpc) is 3.01. The smallest absolute Gasteiger partial charge is 0.225 e. The lowest BCUT2D eigenvalue weighted by Gasteiger charge is -2.19. The summed E-state index contributed by atoms with van der Waals surface area (Å²) in [6.07, 6.45) is 8.43. The quantitative estimate of drug-likeness (QED) is 0.786.